The lowest BCUT2D eigenvalue weighted by molar-refractivity contribution is 0.279. The fraction of sp³-hybridized carbons (Fsp3) is 0.333. The van der Waals surface area contributed by atoms with Gasteiger partial charge in [-0.25, -0.2) is 9.97 Å². The van der Waals surface area contributed by atoms with E-state index in [1.165, 1.54) is 16.8 Å². The molecule has 1 aromatic carbocycles. The van der Waals surface area contributed by atoms with Crippen molar-refractivity contribution in [2.24, 2.45) is 0 Å². The van der Waals surface area contributed by atoms with Gasteiger partial charge in [0, 0.05) is 54.3 Å². The molecule has 5 heteroatoms. The van der Waals surface area contributed by atoms with Crippen LogP contribution in [0.5, 0.6) is 0 Å². The number of hydrogen-bond donors (Lipinski definition) is 0. The van der Waals surface area contributed by atoms with Crippen LogP contribution in [0.25, 0.3) is 11.3 Å². The van der Waals surface area contributed by atoms with Crippen LogP contribution < -0.4 is 0 Å². The smallest absolute Gasteiger partial charge is 0.129 e. The Balaban J connectivity index is 1.65. The van der Waals surface area contributed by atoms with Crippen molar-refractivity contribution in [2.45, 2.75) is 32.7 Å². The molecule has 1 aliphatic heterocycles. The maximum atomic E-state index is 6.08. The summed E-state index contributed by atoms with van der Waals surface area (Å²) in [5, 5.41) is 5.15. The van der Waals surface area contributed by atoms with Gasteiger partial charge in [-0.2, -0.15) is 11.3 Å². The molecular formula is C21H22ClN3S. The minimum Gasteiger partial charge on any atom is -0.298 e. The first-order valence-electron chi connectivity index (χ1n) is 9.11. The molecule has 0 saturated carbocycles. The van der Waals surface area contributed by atoms with Crippen LogP contribution in [0.4, 0.5) is 0 Å². The van der Waals surface area contributed by atoms with Gasteiger partial charge in [0.2, 0.25) is 0 Å². The van der Waals surface area contributed by atoms with Crippen molar-refractivity contribution in [3.05, 3.63) is 68.8 Å². The van der Waals surface area contributed by atoms with Crippen LogP contribution in [0.3, 0.4) is 0 Å². The van der Waals surface area contributed by atoms with E-state index in [2.05, 4.69) is 40.8 Å². The van der Waals surface area contributed by atoms with E-state index in [1.807, 2.05) is 12.1 Å². The Kier molecular flexibility index (Phi) is 5.34. The monoisotopic (exact) mass is 383 g/mol. The summed E-state index contributed by atoms with van der Waals surface area (Å²) in [6.45, 7) is 5.22. The van der Waals surface area contributed by atoms with Crippen LogP contribution in [0, 0.1) is 0 Å². The van der Waals surface area contributed by atoms with Crippen LogP contribution in [0.2, 0.25) is 5.02 Å². The molecule has 3 nitrogen and oxygen atoms in total. The third kappa shape index (κ3) is 3.83. The van der Waals surface area contributed by atoms with Crippen molar-refractivity contribution < 1.29 is 0 Å². The first-order valence-corrected chi connectivity index (χ1v) is 10.4. The van der Waals surface area contributed by atoms with Gasteiger partial charge in [0.05, 0.1) is 5.69 Å². The SMILES string of the molecule is CCc1nc2c(c(-c3ccc(Cl)cc3)n1)CCN(Cc1ccsc1)CC2. The lowest BCUT2D eigenvalue weighted by Gasteiger charge is -2.18. The second-order valence-corrected chi connectivity index (χ2v) is 7.90. The molecule has 4 rings (SSSR count). The van der Waals surface area contributed by atoms with Gasteiger partial charge >= 0.3 is 0 Å². The summed E-state index contributed by atoms with van der Waals surface area (Å²) in [5.41, 5.74) is 6.14. The van der Waals surface area contributed by atoms with Gasteiger partial charge in [-0.15, -0.1) is 0 Å². The number of hydrogen-bond acceptors (Lipinski definition) is 4. The molecule has 0 saturated heterocycles. The molecular weight excluding hydrogens is 362 g/mol. The van der Waals surface area contributed by atoms with Crippen LogP contribution in [0.1, 0.15) is 29.6 Å². The van der Waals surface area contributed by atoms with Gasteiger partial charge in [-0.3, -0.25) is 4.90 Å². The molecule has 0 bridgehead atoms. The van der Waals surface area contributed by atoms with E-state index in [4.69, 9.17) is 21.6 Å². The van der Waals surface area contributed by atoms with Crippen molar-refractivity contribution >= 4 is 22.9 Å². The zero-order valence-electron chi connectivity index (χ0n) is 14.9. The highest BCUT2D eigenvalue weighted by atomic mass is 35.5. The highest BCUT2D eigenvalue weighted by molar-refractivity contribution is 7.07. The number of rotatable bonds is 4. The molecule has 0 N–H and O–H groups in total. The minimum absolute atomic E-state index is 0.756. The molecule has 134 valence electrons. The third-order valence-electron chi connectivity index (χ3n) is 4.90. The fourth-order valence-electron chi connectivity index (χ4n) is 3.50. The molecule has 0 radical (unpaired) electrons. The van der Waals surface area contributed by atoms with E-state index in [0.29, 0.717) is 0 Å². The topological polar surface area (TPSA) is 29.0 Å². The number of aromatic nitrogens is 2. The van der Waals surface area contributed by atoms with E-state index >= 15 is 0 Å². The summed E-state index contributed by atoms with van der Waals surface area (Å²) in [7, 11) is 0. The van der Waals surface area contributed by atoms with Gasteiger partial charge < -0.3 is 0 Å². The average molecular weight is 384 g/mol. The molecule has 0 spiro atoms. The van der Waals surface area contributed by atoms with Gasteiger partial charge in [0.25, 0.3) is 0 Å². The predicted molar refractivity (Wildman–Crippen MR) is 109 cm³/mol. The molecule has 3 heterocycles. The number of nitrogens with zero attached hydrogens (tertiary/aromatic N) is 3. The highest BCUT2D eigenvalue weighted by Gasteiger charge is 2.21. The Morgan fingerprint density at radius 1 is 1.08 bits per heavy atom. The lowest BCUT2D eigenvalue weighted by Crippen LogP contribution is -2.25. The maximum Gasteiger partial charge on any atom is 0.129 e. The van der Waals surface area contributed by atoms with E-state index < -0.39 is 0 Å². The van der Waals surface area contributed by atoms with Crippen molar-refractivity contribution in [1.82, 2.24) is 14.9 Å². The standard InChI is InChI=1S/C21H22ClN3S/c1-2-20-23-19-8-11-25(13-15-9-12-26-14-15)10-7-18(19)21(24-20)16-3-5-17(22)6-4-16/h3-6,9,12,14H,2,7-8,10-11,13H2,1H3. The van der Waals surface area contributed by atoms with E-state index in [9.17, 15) is 0 Å². The number of aryl methyl sites for hydroxylation is 1. The third-order valence-corrected chi connectivity index (χ3v) is 5.89. The summed E-state index contributed by atoms with van der Waals surface area (Å²) < 4.78 is 0. The van der Waals surface area contributed by atoms with Crippen LogP contribution in [-0.2, 0) is 25.8 Å². The van der Waals surface area contributed by atoms with Crippen LogP contribution in [0.15, 0.2) is 41.1 Å². The maximum absolute atomic E-state index is 6.08. The van der Waals surface area contributed by atoms with Crippen LogP contribution in [-0.4, -0.2) is 28.0 Å². The number of benzene rings is 1. The quantitative estimate of drug-likeness (QED) is 0.633. The van der Waals surface area contributed by atoms with Crippen molar-refractivity contribution in [1.29, 1.82) is 0 Å². The van der Waals surface area contributed by atoms with E-state index in [1.54, 1.807) is 11.3 Å². The van der Waals surface area contributed by atoms with Gasteiger partial charge in [-0.1, -0.05) is 30.7 Å². The van der Waals surface area contributed by atoms with Crippen molar-refractivity contribution in [2.75, 3.05) is 13.1 Å². The second kappa shape index (κ2) is 7.87. The first-order chi connectivity index (χ1) is 12.7. The molecule has 0 atom stereocenters. The Bertz CT molecular complexity index is 875. The number of fused-ring (bicyclic) bond motifs is 1. The van der Waals surface area contributed by atoms with Gasteiger partial charge in [0.1, 0.15) is 5.82 Å². The minimum atomic E-state index is 0.756. The first kappa shape index (κ1) is 17.7. The van der Waals surface area contributed by atoms with E-state index in [-0.39, 0.29) is 0 Å². The highest BCUT2D eigenvalue weighted by Crippen LogP contribution is 2.28. The Morgan fingerprint density at radius 3 is 2.62 bits per heavy atom. The number of halogens is 1. The summed E-state index contributed by atoms with van der Waals surface area (Å²) in [4.78, 5) is 12.3. The average Bonchev–Trinajstić information content (AvgIpc) is 3.09. The fourth-order valence-corrected chi connectivity index (χ4v) is 4.29. The molecule has 2 aromatic heterocycles. The molecule has 0 amide bonds. The summed E-state index contributed by atoms with van der Waals surface area (Å²) in [6.07, 6.45) is 2.82. The molecule has 0 aliphatic carbocycles. The molecule has 1 aliphatic rings. The molecule has 0 fully saturated rings. The zero-order chi connectivity index (χ0) is 17.9. The summed E-state index contributed by atoms with van der Waals surface area (Å²) >= 11 is 7.84. The van der Waals surface area contributed by atoms with Gasteiger partial charge in [0.15, 0.2) is 0 Å². The number of thiophene rings is 1. The van der Waals surface area contributed by atoms with Crippen LogP contribution >= 0.6 is 22.9 Å². The van der Waals surface area contributed by atoms with Gasteiger partial charge in [-0.05, 0) is 40.9 Å². The van der Waals surface area contributed by atoms with E-state index in [0.717, 1.165) is 61.0 Å². The molecule has 26 heavy (non-hydrogen) atoms. The molecule has 0 unspecified atom stereocenters. The normalized spacial score (nSPS) is 14.8. The zero-order valence-corrected chi connectivity index (χ0v) is 16.5. The Labute approximate surface area is 163 Å². The lowest BCUT2D eigenvalue weighted by atomic mass is 10.0. The summed E-state index contributed by atoms with van der Waals surface area (Å²) in [5.74, 6) is 0.931. The summed E-state index contributed by atoms with van der Waals surface area (Å²) in [6, 6.07) is 10.2. The van der Waals surface area contributed by atoms with Crippen molar-refractivity contribution in [3.8, 4) is 11.3 Å². The largest absolute Gasteiger partial charge is 0.298 e. The second-order valence-electron chi connectivity index (χ2n) is 6.68. The Morgan fingerprint density at radius 2 is 1.88 bits per heavy atom. The Hall–Kier alpha value is -1.75. The predicted octanol–water partition coefficient (Wildman–Crippen LogP) is 5.02. The molecule has 3 aromatic rings. The van der Waals surface area contributed by atoms with Crippen molar-refractivity contribution in [3.63, 3.8) is 0 Å².